The van der Waals surface area contributed by atoms with Crippen molar-refractivity contribution in [3.63, 3.8) is 0 Å². The van der Waals surface area contributed by atoms with Crippen molar-refractivity contribution in [3.8, 4) is 10.6 Å². The van der Waals surface area contributed by atoms with E-state index in [0.717, 1.165) is 12.0 Å². The van der Waals surface area contributed by atoms with Crippen LogP contribution in [-0.2, 0) is 4.79 Å². The Morgan fingerprint density at radius 3 is 2.72 bits per heavy atom. The lowest BCUT2D eigenvalue weighted by Gasteiger charge is -2.24. The van der Waals surface area contributed by atoms with Crippen molar-refractivity contribution in [3.05, 3.63) is 64.1 Å². The van der Waals surface area contributed by atoms with Gasteiger partial charge >= 0.3 is 0 Å². The highest BCUT2D eigenvalue weighted by Gasteiger charge is 2.35. The van der Waals surface area contributed by atoms with Gasteiger partial charge in [0.05, 0.1) is 10.6 Å². The maximum absolute atomic E-state index is 12.9. The van der Waals surface area contributed by atoms with Crippen LogP contribution in [0.15, 0.2) is 48.5 Å². The molecular weight excluding hydrogens is 431 g/mol. The van der Waals surface area contributed by atoms with Crippen molar-refractivity contribution < 1.29 is 9.59 Å². The molecule has 0 radical (unpaired) electrons. The van der Waals surface area contributed by atoms with Gasteiger partial charge in [-0.1, -0.05) is 58.8 Å². The maximum Gasteiger partial charge on any atom is 0.256 e. The van der Waals surface area contributed by atoms with Crippen LogP contribution in [0.5, 0.6) is 0 Å². The molecule has 0 saturated carbocycles. The first-order valence-corrected chi connectivity index (χ1v) is 10.6. The zero-order valence-electron chi connectivity index (χ0n) is 15.1. The average Bonchev–Trinajstić information content (AvgIpc) is 3.37. The van der Waals surface area contributed by atoms with E-state index in [0.29, 0.717) is 38.7 Å². The van der Waals surface area contributed by atoms with Crippen molar-refractivity contribution in [2.75, 3.05) is 11.9 Å². The topological polar surface area (TPSA) is 75.2 Å². The molecule has 4 rings (SSSR count). The van der Waals surface area contributed by atoms with Gasteiger partial charge < -0.3 is 4.90 Å². The van der Waals surface area contributed by atoms with E-state index >= 15 is 0 Å². The molecule has 6 nitrogen and oxygen atoms in total. The summed E-state index contributed by atoms with van der Waals surface area (Å²) in [6.45, 7) is 0.506. The van der Waals surface area contributed by atoms with Gasteiger partial charge in [0.25, 0.3) is 5.91 Å². The van der Waals surface area contributed by atoms with Crippen molar-refractivity contribution in [2.45, 2.75) is 18.9 Å². The van der Waals surface area contributed by atoms with Crippen LogP contribution in [-0.4, -0.2) is 39.5 Å². The first kappa shape index (κ1) is 19.8. The number of carbonyl (C=O) groups excluding carboxylic acids is 2. The predicted molar refractivity (Wildman–Crippen MR) is 114 cm³/mol. The number of hydrogen-bond acceptors (Lipinski definition) is 5. The lowest BCUT2D eigenvalue weighted by Crippen LogP contribution is -2.43. The summed E-state index contributed by atoms with van der Waals surface area (Å²) in [5, 5.41) is 13.0. The van der Waals surface area contributed by atoms with Crippen LogP contribution < -0.4 is 5.32 Å². The highest BCUT2D eigenvalue weighted by molar-refractivity contribution is 7.18. The largest absolute Gasteiger partial charge is 0.327 e. The Kier molecular flexibility index (Phi) is 5.80. The lowest BCUT2D eigenvalue weighted by atomic mass is 10.1. The molecule has 1 aliphatic heterocycles. The second kappa shape index (κ2) is 8.49. The van der Waals surface area contributed by atoms with E-state index in [1.54, 1.807) is 41.3 Å². The summed E-state index contributed by atoms with van der Waals surface area (Å²) >= 11 is 13.4. The lowest BCUT2D eigenvalue weighted by molar-refractivity contribution is -0.119. The van der Waals surface area contributed by atoms with E-state index < -0.39 is 6.04 Å². The summed E-state index contributed by atoms with van der Waals surface area (Å²) in [6, 6.07) is 13.5. The molecule has 1 fully saturated rings. The summed E-state index contributed by atoms with van der Waals surface area (Å²) in [7, 11) is 0. The third-order valence-electron chi connectivity index (χ3n) is 4.65. The number of anilines is 1. The number of hydrogen-bond donors (Lipinski definition) is 1. The fourth-order valence-electron chi connectivity index (χ4n) is 3.27. The minimum absolute atomic E-state index is 0.245. The second-order valence-electron chi connectivity index (χ2n) is 6.55. The second-order valence-corrected chi connectivity index (χ2v) is 8.37. The van der Waals surface area contributed by atoms with E-state index in [9.17, 15) is 9.59 Å². The number of nitrogens with zero attached hydrogens (tertiary/aromatic N) is 3. The predicted octanol–water partition coefficient (Wildman–Crippen LogP) is 4.76. The van der Waals surface area contributed by atoms with Crippen LogP contribution >= 0.6 is 34.5 Å². The van der Waals surface area contributed by atoms with Gasteiger partial charge in [0, 0.05) is 17.1 Å². The number of amides is 2. The van der Waals surface area contributed by atoms with Crippen LogP contribution in [0.2, 0.25) is 10.0 Å². The molecule has 1 aliphatic rings. The van der Waals surface area contributed by atoms with Gasteiger partial charge in [-0.2, -0.15) is 0 Å². The molecule has 1 saturated heterocycles. The molecule has 1 aromatic heterocycles. The van der Waals surface area contributed by atoms with Gasteiger partial charge in [0.1, 0.15) is 11.0 Å². The van der Waals surface area contributed by atoms with Gasteiger partial charge in [-0.3, -0.25) is 14.9 Å². The Bertz CT molecular complexity index is 1070. The zero-order valence-corrected chi connectivity index (χ0v) is 17.5. The highest BCUT2D eigenvalue weighted by Crippen LogP contribution is 2.29. The molecular formula is C20H16Cl2N4O2S. The van der Waals surface area contributed by atoms with Crippen LogP contribution in [0.3, 0.4) is 0 Å². The summed E-state index contributed by atoms with van der Waals surface area (Å²) in [5.74, 6) is -0.526. The zero-order chi connectivity index (χ0) is 20.4. The first-order valence-electron chi connectivity index (χ1n) is 8.99. The molecule has 148 valence electrons. The summed E-state index contributed by atoms with van der Waals surface area (Å²) in [6.07, 6.45) is 1.33. The quantitative estimate of drug-likeness (QED) is 0.626. The van der Waals surface area contributed by atoms with Crippen molar-refractivity contribution in [2.24, 2.45) is 0 Å². The SMILES string of the molecule is O=C(Nc1nnc(-c2cccc(Cl)c2)s1)C1CCCN1C(=O)c1ccccc1Cl. The minimum atomic E-state index is -0.572. The Labute approximate surface area is 181 Å². The molecule has 2 aromatic carbocycles. The first-order chi connectivity index (χ1) is 14.0. The molecule has 1 N–H and O–H groups in total. The third-order valence-corrected chi connectivity index (χ3v) is 6.10. The molecule has 1 unspecified atom stereocenters. The van der Waals surface area contributed by atoms with E-state index in [4.69, 9.17) is 23.2 Å². The fourth-order valence-corrected chi connectivity index (χ4v) is 4.42. The smallest absolute Gasteiger partial charge is 0.256 e. The number of halogens is 2. The number of benzene rings is 2. The standard InChI is InChI=1S/C20H16Cl2N4O2S/c21-13-6-3-5-12(11-13)18-24-25-20(29-18)23-17(27)16-9-4-10-26(16)19(28)14-7-1-2-8-15(14)22/h1-3,5-8,11,16H,4,9-10H2,(H,23,25,27). The summed E-state index contributed by atoms with van der Waals surface area (Å²) in [4.78, 5) is 27.3. The molecule has 0 aliphatic carbocycles. The monoisotopic (exact) mass is 446 g/mol. The van der Waals surface area contributed by atoms with E-state index in [-0.39, 0.29) is 11.8 Å². The Hall–Kier alpha value is -2.48. The molecule has 2 amide bonds. The van der Waals surface area contributed by atoms with Crippen LogP contribution in [0.25, 0.3) is 10.6 Å². The summed E-state index contributed by atoms with van der Waals surface area (Å²) < 4.78 is 0. The average molecular weight is 447 g/mol. The van der Waals surface area contributed by atoms with Crippen molar-refractivity contribution in [1.82, 2.24) is 15.1 Å². The molecule has 2 heterocycles. The Morgan fingerprint density at radius 1 is 1.10 bits per heavy atom. The van der Waals surface area contributed by atoms with Crippen molar-refractivity contribution >= 4 is 51.5 Å². The van der Waals surface area contributed by atoms with E-state index in [1.807, 2.05) is 12.1 Å². The maximum atomic E-state index is 12.9. The fraction of sp³-hybridized carbons (Fsp3) is 0.200. The van der Waals surface area contributed by atoms with Gasteiger partial charge in [0.2, 0.25) is 11.0 Å². The van der Waals surface area contributed by atoms with Gasteiger partial charge in [-0.15, -0.1) is 10.2 Å². The summed E-state index contributed by atoms with van der Waals surface area (Å²) in [5.41, 5.74) is 1.22. The molecule has 29 heavy (non-hydrogen) atoms. The number of carbonyl (C=O) groups is 2. The number of nitrogens with one attached hydrogen (secondary N) is 1. The molecule has 9 heteroatoms. The van der Waals surface area contributed by atoms with E-state index in [2.05, 4.69) is 15.5 Å². The normalized spacial score (nSPS) is 16.1. The number of likely N-dealkylation sites (tertiary alicyclic amines) is 1. The van der Waals surface area contributed by atoms with Crippen LogP contribution in [0.4, 0.5) is 5.13 Å². The van der Waals surface area contributed by atoms with Gasteiger partial charge in [-0.05, 0) is 37.1 Å². The Morgan fingerprint density at radius 2 is 1.93 bits per heavy atom. The molecule has 1 atom stereocenters. The number of rotatable bonds is 4. The van der Waals surface area contributed by atoms with Gasteiger partial charge in [-0.25, -0.2) is 0 Å². The molecule has 0 spiro atoms. The molecule has 0 bridgehead atoms. The van der Waals surface area contributed by atoms with Gasteiger partial charge in [0.15, 0.2) is 0 Å². The Balaban J connectivity index is 1.48. The number of aromatic nitrogens is 2. The van der Waals surface area contributed by atoms with E-state index in [1.165, 1.54) is 11.3 Å². The third kappa shape index (κ3) is 4.27. The van der Waals surface area contributed by atoms with Crippen LogP contribution in [0, 0.1) is 0 Å². The minimum Gasteiger partial charge on any atom is -0.327 e. The highest BCUT2D eigenvalue weighted by atomic mass is 35.5. The molecule has 3 aromatic rings. The van der Waals surface area contributed by atoms with Crippen molar-refractivity contribution in [1.29, 1.82) is 0 Å². The van der Waals surface area contributed by atoms with Crippen LogP contribution in [0.1, 0.15) is 23.2 Å².